The monoisotopic (exact) mass is 297 g/mol. The molecule has 0 spiro atoms. The SMILES string of the molecule is CCS(=O)(=O)CCCN1CC(C(=O)O)c2ccccc21. The van der Waals surface area contributed by atoms with Crippen LogP contribution in [0.1, 0.15) is 24.8 Å². The maximum Gasteiger partial charge on any atom is 0.312 e. The van der Waals surface area contributed by atoms with E-state index < -0.39 is 21.7 Å². The van der Waals surface area contributed by atoms with Gasteiger partial charge in [-0.05, 0) is 18.1 Å². The average molecular weight is 297 g/mol. The molecule has 0 aliphatic carbocycles. The van der Waals surface area contributed by atoms with Gasteiger partial charge >= 0.3 is 5.97 Å². The molecule has 1 atom stereocenters. The van der Waals surface area contributed by atoms with Crippen molar-refractivity contribution in [3.8, 4) is 0 Å². The minimum Gasteiger partial charge on any atom is -0.481 e. The number of benzene rings is 1. The molecule has 0 bridgehead atoms. The van der Waals surface area contributed by atoms with Gasteiger partial charge in [0, 0.05) is 24.5 Å². The molecule has 0 saturated carbocycles. The highest BCUT2D eigenvalue weighted by Gasteiger charge is 2.32. The first-order valence-corrected chi connectivity index (χ1v) is 8.54. The van der Waals surface area contributed by atoms with E-state index >= 15 is 0 Å². The van der Waals surface area contributed by atoms with Gasteiger partial charge in [-0.25, -0.2) is 8.42 Å². The number of carboxylic acid groups (broad SMARTS) is 1. The summed E-state index contributed by atoms with van der Waals surface area (Å²) in [5.41, 5.74) is 1.73. The zero-order valence-corrected chi connectivity index (χ0v) is 12.3. The second-order valence-corrected chi connectivity index (χ2v) is 7.46. The Morgan fingerprint density at radius 3 is 2.75 bits per heavy atom. The summed E-state index contributed by atoms with van der Waals surface area (Å²) in [4.78, 5) is 13.2. The third-order valence-electron chi connectivity index (χ3n) is 3.68. The van der Waals surface area contributed by atoms with E-state index in [1.807, 2.05) is 29.2 Å². The van der Waals surface area contributed by atoms with Crippen molar-refractivity contribution in [3.63, 3.8) is 0 Å². The highest BCUT2D eigenvalue weighted by molar-refractivity contribution is 7.91. The van der Waals surface area contributed by atoms with Crippen LogP contribution in [0.25, 0.3) is 0 Å². The fraction of sp³-hybridized carbons (Fsp3) is 0.500. The van der Waals surface area contributed by atoms with Gasteiger partial charge in [0.25, 0.3) is 0 Å². The summed E-state index contributed by atoms with van der Waals surface area (Å²) >= 11 is 0. The summed E-state index contributed by atoms with van der Waals surface area (Å²) in [6, 6.07) is 7.43. The Hall–Kier alpha value is -1.56. The molecule has 1 unspecified atom stereocenters. The fourth-order valence-corrected chi connectivity index (χ4v) is 3.39. The number of sulfone groups is 1. The molecular weight excluding hydrogens is 278 g/mol. The van der Waals surface area contributed by atoms with Gasteiger partial charge in [0.15, 0.2) is 0 Å². The van der Waals surface area contributed by atoms with Crippen LogP contribution in [-0.4, -0.2) is 44.1 Å². The van der Waals surface area contributed by atoms with Crippen LogP contribution in [0.5, 0.6) is 0 Å². The van der Waals surface area contributed by atoms with E-state index in [0.717, 1.165) is 11.3 Å². The van der Waals surface area contributed by atoms with Crippen LogP contribution in [-0.2, 0) is 14.6 Å². The Bertz CT molecular complexity index is 597. The van der Waals surface area contributed by atoms with Crippen LogP contribution in [0.15, 0.2) is 24.3 Å². The lowest BCUT2D eigenvalue weighted by atomic mass is 10.0. The number of nitrogens with zero attached hydrogens (tertiary/aromatic N) is 1. The summed E-state index contributed by atoms with van der Waals surface area (Å²) in [6.45, 7) is 2.63. The molecule has 1 aliphatic heterocycles. The molecule has 1 heterocycles. The van der Waals surface area contributed by atoms with Crippen LogP contribution in [0, 0.1) is 0 Å². The van der Waals surface area contributed by atoms with Gasteiger partial charge in [-0.3, -0.25) is 4.79 Å². The highest BCUT2D eigenvalue weighted by atomic mass is 32.2. The van der Waals surface area contributed by atoms with Gasteiger partial charge in [-0.1, -0.05) is 25.1 Å². The molecule has 1 N–H and O–H groups in total. The lowest BCUT2D eigenvalue weighted by Crippen LogP contribution is -2.27. The smallest absolute Gasteiger partial charge is 0.312 e. The van der Waals surface area contributed by atoms with Gasteiger partial charge in [0.05, 0.1) is 5.75 Å². The van der Waals surface area contributed by atoms with E-state index in [9.17, 15) is 18.3 Å². The lowest BCUT2D eigenvalue weighted by Gasteiger charge is -2.19. The maximum absolute atomic E-state index is 11.5. The van der Waals surface area contributed by atoms with E-state index in [0.29, 0.717) is 19.5 Å². The zero-order valence-electron chi connectivity index (χ0n) is 11.4. The van der Waals surface area contributed by atoms with Crippen molar-refractivity contribution in [2.45, 2.75) is 19.3 Å². The minimum atomic E-state index is -2.96. The molecule has 110 valence electrons. The second kappa shape index (κ2) is 5.83. The zero-order chi connectivity index (χ0) is 14.8. The lowest BCUT2D eigenvalue weighted by molar-refractivity contribution is -0.138. The molecule has 0 amide bonds. The van der Waals surface area contributed by atoms with Gasteiger partial charge < -0.3 is 10.0 Å². The van der Waals surface area contributed by atoms with Gasteiger partial charge in [-0.15, -0.1) is 0 Å². The van der Waals surface area contributed by atoms with Gasteiger partial charge in [-0.2, -0.15) is 0 Å². The Balaban J connectivity index is 2.06. The van der Waals surface area contributed by atoms with Crippen molar-refractivity contribution in [1.82, 2.24) is 0 Å². The normalized spacial score (nSPS) is 18.1. The molecule has 0 aromatic heterocycles. The van der Waals surface area contributed by atoms with Gasteiger partial charge in [0.2, 0.25) is 0 Å². The second-order valence-electron chi connectivity index (χ2n) is 4.99. The quantitative estimate of drug-likeness (QED) is 0.861. The van der Waals surface area contributed by atoms with E-state index in [-0.39, 0.29) is 11.5 Å². The van der Waals surface area contributed by atoms with Crippen molar-refractivity contribution in [2.75, 3.05) is 29.5 Å². The standard InChI is InChI=1S/C14H19NO4S/c1-2-20(18,19)9-5-8-15-10-12(14(16)17)11-6-3-4-7-13(11)15/h3-4,6-7,12H,2,5,8-10H2,1H3,(H,16,17). The van der Waals surface area contributed by atoms with Gasteiger partial charge in [0.1, 0.15) is 15.8 Å². The topological polar surface area (TPSA) is 74.7 Å². The molecule has 1 aromatic carbocycles. The van der Waals surface area contributed by atoms with Crippen molar-refractivity contribution in [1.29, 1.82) is 0 Å². The molecule has 0 radical (unpaired) electrons. The number of aliphatic carboxylic acids is 1. The Labute approximate surface area is 119 Å². The van der Waals surface area contributed by atoms with Crippen LogP contribution in [0.3, 0.4) is 0 Å². The summed E-state index contributed by atoms with van der Waals surface area (Å²) in [5.74, 6) is -1.04. The first kappa shape index (κ1) is 14.8. The summed E-state index contributed by atoms with van der Waals surface area (Å²) in [7, 11) is -2.96. The van der Waals surface area contributed by atoms with Crippen molar-refractivity contribution in [3.05, 3.63) is 29.8 Å². The van der Waals surface area contributed by atoms with Crippen LogP contribution in [0.4, 0.5) is 5.69 Å². The molecule has 0 fully saturated rings. The van der Waals surface area contributed by atoms with Crippen molar-refractivity contribution < 1.29 is 18.3 Å². The summed E-state index contributed by atoms with van der Waals surface area (Å²) in [5, 5.41) is 9.25. The Morgan fingerprint density at radius 2 is 2.10 bits per heavy atom. The maximum atomic E-state index is 11.5. The third kappa shape index (κ3) is 3.12. The van der Waals surface area contributed by atoms with Crippen molar-refractivity contribution in [2.24, 2.45) is 0 Å². The van der Waals surface area contributed by atoms with Crippen LogP contribution in [0.2, 0.25) is 0 Å². The highest BCUT2D eigenvalue weighted by Crippen LogP contribution is 2.36. The molecule has 1 aromatic rings. The first-order chi connectivity index (χ1) is 9.44. The molecule has 5 nitrogen and oxygen atoms in total. The fourth-order valence-electron chi connectivity index (χ4n) is 2.53. The number of hydrogen-bond donors (Lipinski definition) is 1. The molecule has 2 rings (SSSR count). The molecule has 20 heavy (non-hydrogen) atoms. The Morgan fingerprint density at radius 1 is 1.40 bits per heavy atom. The van der Waals surface area contributed by atoms with Crippen LogP contribution < -0.4 is 4.90 Å². The summed E-state index contributed by atoms with van der Waals surface area (Å²) < 4.78 is 23.0. The van der Waals surface area contributed by atoms with E-state index in [1.54, 1.807) is 6.92 Å². The van der Waals surface area contributed by atoms with Crippen molar-refractivity contribution >= 4 is 21.5 Å². The number of carbonyl (C=O) groups is 1. The molecule has 1 aliphatic rings. The predicted octanol–water partition coefficient (Wildman–Crippen LogP) is 1.50. The number of fused-ring (bicyclic) bond motifs is 1. The number of rotatable bonds is 6. The molecule has 6 heteroatoms. The van der Waals surface area contributed by atoms with Crippen LogP contribution >= 0.6 is 0 Å². The first-order valence-electron chi connectivity index (χ1n) is 6.71. The largest absolute Gasteiger partial charge is 0.481 e. The molecule has 0 saturated heterocycles. The summed E-state index contributed by atoms with van der Waals surface area (Å²) in [6.07, 6.45) is 0.525. The minimum absolute atomic E-state index is 0.153. The predicted molar refractivity (Wildman–Crippen MR) is 78.0 cm³/mol. The Kier molecular flexibility index (Phi) is 4.32. The van der Waals surface area contributed by atoms with E-state index in [1.165, 1.54) is 0 Å². The number of hydrogen-bond acceptors (Lipinski definition) is 4. The number of anilines is 1. The van der Waals surface area contributed by atoms with E-state index in [4.69, 9.17) is 0 Å². The average Bonchev–Trinajstić information content (AvgIpc) is 2.78. The molecular formula is C14H19NO4S. The number of para-hydroxylation sites is 1. The third-order valence-corrected chi connectivity index (χ3v) is 5.47. The number of carboxylic acids is 1. The van der Waals surface area contributed by atoms with E-state index in [2.05, 4.69) is 0 Å².